The second-order valence-corrected chi connectivity index (χ2v) is 6.34. The molecule has 110 valence electrons. The molecule has 2 rings (SSSR count). The lowest BCUT2D eigenvalue weighted by atomic mass is 10.3. The van der Waals surface area contributed by atoms with E-state index < -0.39 is 0 Å². The SMILES string of the molecule is CC(Cl)c1nc2cc(Cl)cnc2n1CCCCN(C)C. The van der Waals surface area contributed by atoms with Crippen LogP contribution in [0.2, 0.25) is 5.02 Å². The van der Waals surface area contributed by atoms with E-state index in [-0.39, 0.29) is 5.38 Å². The Bertz CT molecular complexity index is 578. The number of imidazole rings is 1. The van der Waals surface area contributed by atoms with Crippen LogP contribution in [0.1, 0.15) is 31.0 Å². The van der Waals surface area contributed by atoms with Gasteiger partial charge in [-0.1, -0.05) is 11.6 Å². The molecule has 0 radical (unpaired) electrons. The van der Waals surface area contributed by atoms with Gasteiger partial charge in [-0.05, 0) is 46.5 Å². The molecular weight excluding hydrogens is 295 g/mol. The molecule has 0 fully saturated rings. The third-order valence-corrected chi connectivity index (χ3v) is 3.58. The fourth-order valence-corrected chi connectivity index (χ4v) is 2.54. The Kier molecular flexibility index (Phi) is 5.24. The van der Waals surface area contributed by atoms with E-state index in [4.69, 9.17) is 23.2 Å². The van der Waals surface area contributed by atoms with Crippen LogP contribution in [-0.2, 0) is 6.54 Å². The van der Waals surface area contributed by atoms with Crippen molar-refractivity contribution in [1.82, 2.24) is 19.4 Å². The highest BCUT2D eigenvalue weighted by molar-refractivity contribution is 6.31. The first-order valence-electron chi connectivity index (χ1n) is 6.79. The second-order valence-electron chi connectivity index (χ2n) is 5.24. The lowest BCUT2D eigenvalue weighted by molar-refractivity contribution is 0.387. The van der Waals surface area contributed by atoms with Crippen LogP contribution in [0.15, 0.2) is 12.3 Å². The van der Waals surface area contributed by atoms with E-state index in [1.54, 1.807) is 6.20 Å². The third-order valence-electron chi connectivity index (χ3n) is 3.17. The molecular formula is C14H20Cl2N4. The van der Waals surface area contributed by atoms with E-state index in [0.717, 1.165) is 42.9 Å². The molecule has 0 aliphatic rings. The summed E-state index contributed by atoms with van der Waals surface area (Å²) in [7, 11) is 4.17. The summed E-state index contributed by atoms with van der Waals surface area (Å²) in [6.45, 7) is 3.89. The monoisotopic (exact) mass is 314 g/mol. The van der Waals surface area contributed by atoms with Gasteiger partial charge in [0.2, 0.25) is 0 Å². The van der Waals surface area contributed by atoms with Crippen LogP contribution in [0, 0.1) is 0 Å². The molecule has 2 heterocycles. The Morgan fingerprint density at radius 2 is 2.10 bits per heavy atom. The van der Waals surface area contributed by atoms with E-state index in [2.05, 4.69) is 33.5 Å². The zero-order valence-electron chi connectivity index (χ0n) is 12.1. The van der Waals surface area contributed by atoms with Crippen molar-refractivity contribution in [3.05, 3.63) is 23.1 Å². The summed E-state index contributed by atoms with van der Waals surface area (Å²) in [4.78, 5) is 11.1. The Labute approximate surface area is 129 Å². The molecule has 6 heteroatoms. The van der Waals surface area contributed by atoms with Gasteiger partial charge in [-0.2, -0.15) is 0 Å². The van der Waals surface area contributed by atoms with Crippen molar-refractivity contribution in [2.75, 3.05) is 20.6 Å². The highest BCUT2D eigenvalue weighted by atomic mass is 35.5. The van der Waals surface area contributed by atoms with Gasteiger partial charge in [0.25, 0.3) is 0 Å². The van der Waals surface area contributed by atoms with Gasteiger partial charge in [0.05, 0.1) is 10.4 Å². The first kappa shape index (κ1) is 15.5. The summed E-state index contributed by atoms with van der Waals surface area (Å²) in [6.07, 6.45) is 3.87. The molecule has 20 heavy (non-hydrogen) atoms. The fraction of sp³-hybridized carbons (Fsp3) is 0.571. The van der Waals surface area contributed by atoms with Gasteiger partial charge >= 0.3 is 0 Å². The van der Waals surface area contributed by atoms with Crippen molar-refractivity contribution < 1.29 is 0 Å². The molecule has 4 nitrogen and oxygen atoms in total. The first-order valence-corrected chi connectivity index (χ1v) is 7.61. The Morgan fingerprint density at radius 3 is 2.75 bits per heavy atom. The minimum Gasteiger partial charge on any atom is -0.311 e. The number of fused-ring (bicyclic) bond motifs is 1. The van der Waals surface area contributed by atoms with E-state index in [1.165, 1.54) is 0 Å². The number of hydrogen-bond acceptors (Lipinski definition) is 3. The Balaban J connectivity index is 2.22. The van der Waals surface area contributed by atoms with Crippen molar-refractivity contribution in [3.63, 3.8) is 0 Å². The van der Waals surface area contributed by atoms with Gasteiger partial charge in [0.1, 0.15) is 11.3 Å². The number of aromatic nitrogens is 3. The zero-order valence-corrected chi connectivity index (χ0v) is 13.6. The van der Waals surface area contributed by atoms with Gasteiger partial charge in [0, 0.05) is 12.7 Å². The Hall–Kier alpha value is -0.840. The van der Waals surface area contributed by atoms with Crippen molar-refractivity contribution in [2.45, 2.75) is 31.7 Å². The molecule has 1 unspecified atom stereocenters. The van der Waals surface area contributed by atoms with E-state index in [1.807, 2.05) is 13.0 Å². The minimum atomic E-state index is -0.142. The largest absolute Gasteiger partial charge is 0.311 e. The van der Waals surface area contributed by atoms with Crippen molar-refractivity contribution >= 4 is 34.4 Å². The van der Waals surface area contributed by atoms with Crippen LogP contribution in [0.4, 0.5) is 0 Å². The lowest BCUT2D eigenvalue weighted by Crippen LogP contribution is -2.14. The topological polar surface area (TPSA) is 34.0 Å². The summed E-state index contributed by atoms with van der Waals surface area (Å²) < 4.78 is 2.11. The molecule has 0 N–H and O–H groups in total. The maximum Gasteiger partial charge on any atom is 0.160 e. The van der Waals surface area contributed by atoms with E-state index >= 15 is 0 Å². The maximum absolute atomic E-state index is 6.23. The number of hydrogen-bond donors (Lipinski definition) is 0. The molecule has 2 aromatic heterocycles. The quantitative estimate of drug-likeness (QED) is 0.602. The standard InChI is InChI=1S/C14H20Cl2N4/c1-10(15)13-18-12-8-11(16)9-17-14(12)20(13)7-5-4-6-19(2)3/h8-10H,4-7H2,1-3H3. The van der Waals surface area contributed by atoms with Gasteiger partial charge in [-0.25, -0.2) is 9.97 Å². The molecule has 0 aromatic carbocycles. The molecule has 0 saturated heterocycles. The van der Waals surface area contributed by atoms with Crippen LogP contribution in [0.25, 0.3) is 11.2 Å². The molecule has 2 aromatic rings. The van der Waals surface area contributed by atoms with Gasteiger partial charge < -0.3 is 9.47 Å². The highest BCUT2D eigenvalue weighted by Gasteiger charge is 2.15. The Morgan fingerprint density at radius 1 is 1.35 bits per heavy atom. The van der Waals surface area contributed by atoms with Crippen molar-refractivity contribution in [2.24, 2.45) is 0 Å². The average Bonchev–Trinajstić information content (AvgIpc) is 2.72. The average molecular weight is 315 g/mol. The van der Waals surface area contributed by atoms with Crippen LogP contribution in [-0.4, -0.2) is 40.1 Å². The van der Waals surface area contributed by atoms with E-state index in [9.17, 15) is 0 Å². The summed E-state index contributed by atoms with van der Waals surface area (Å²) in [5, 5.41) is 0.459. The molecule has 0 spiro atoms. The molecule has 0 amide bonds. The number of nitrogens with zero attached hydrogens (tertiary/aromatic N) is 4. The molecule has 1 atom stereocenters. The number of pyridine rings is 1. The van der Waals surface area contributed by atoms with Crippen LogP contribution < -0.4 is 0 Å². The number of alkyl halides is 1. The minimum absolute atomic E-state index is 0.142. The summed E-state index contributed by atoms with van der Waals surface area (Å²) in [5.41, 5.74) is 1.68. The van der Waals surface area contributed by atoms with Crippen LogP contribution >= 0.6 is 23.2 Å². The maximum atomic E-state index is 6.23. The smallest absolute Gasteiger partial charge is 0.160 e. The third kappa shape index (κ3) is 3.62. The second kappa shape index (κ2) is 6.74. The first-order chi connectivity index (χ1) is 9.49. The van der Waals surface area contributed by atoms with Crippen molar-refractivity contribution in [1.29, 1.82) is 0 Å². The van der Waals surface area contributed by atoms with Gasteiger partial charge in [-0.15, -0.1) is 11.6 Å². The summed E-state index contributed by atoms with van der Waals surface area (Å²) in [5.74, 6) is 0.862. The van der Waals surface area contributed by atoms with Gasteiger partial charge in [-0.3, -0.25) is 0 Å². The normalized spacial score (nSPS) is 13.3. The highest BCUT2D eigenvalue weighted by Crippen LogP contribution is 2.25. The summed E-state index contributed by atoms with van der Waals surface area (Å²) >= 11 is 12.2. The molecule has 0 saturated carbocycles. The summed E-state index contributed by atoms with van der Waals surface area (Å²) in [6, 6.07) is 1.84. The van der Waals surface area contributed by atoms with Crippen LogP contribution in [0.5, 0.6) is 0 Å². The predicted octanol–water partition coefficient (Wildman–Crippen LogP) is 3.73. The fourth-order valence-electron chi connectivity index (χ4n) is 2.23. The molecule has 0 aliphatic carbocycles. The molecule has 0 aliphatic heterocycles. The van der Waals surface area contributed by atoms with Crippen LogP contribution in [0.3, 0.4) is 0 Å². The van der Waals surface area contributed by atoms with Gasteiger partial charge in [0.15, 0.2) is 5.65 Å². The number of rotatable bonds is 6. The molecule has 0 bridgehead atoms. The predicted molar refractivity (Wildman–Crippen MR) is 84.6 cm³/mol. The lowest BCUT2D eigenvalue weighted by Gasteiger charge is -2.12. The van der Waals surface area contributed by atoms with Crippen molar-refractivity contribution in [3.8, 4) is 0 Å². The number of halogens is 2. The number of unbranched alkanes of at least 4 members (excludes halogenated alkanes) is 1. The zero-order chi connectivity index (χ0) is 14.7. The van der Waals surface area contributed by atoms with E-state index in [0.29, 0.717) is 5.02 Å². The number of aryl methyl sites for hydroxylation is 1.